The van der Waals surface area contributed by atoms with Crippen LogP contribution in [0, 0.1) is 5.92 Å². The van der Waals surface area contributed by atoms with Crippen LogP contribution in [0.3, 0.4) is 0 Å². The summed E-state index contributed by atoms with van der Waals surface area (Å²) in [4.78, 5) is 10.7. The maximum Gasteiger partial charge on any atom is 0.165 e. The predicted molar refractivity (Wildman–Crippen MR) is 34.0 cm³/mol. The van der Waals surface area contributed by atoms with Crippen LogP contribution in [0.2, 0.25) is 0 Å². The van der Waals surface area contributed by atoms with Gasteiger partial charge in [0.2, 0.25) is 0 Å². The fourth-order valence-corrected chi connectivity index (χ4v) is 0.663. The van der Waals surface area contributed by atoms with E-state index in [0.29, 0.717) is 0 Å². The van der Waals surface area contributed by atoms with E-state index in [4.69, 9.17) is 5.11 Å². The van der Waals surface area contributed by atoms with Gasteiger partial charge in [0, 0.05) is 12.0 Å². The number of allylic oxidation sites excluding steroid dienone is 3. The Morgan fingerprint density at radius 2 is 2.33 bits per heavy atom. The molecule has 1 rings (SSSR count). The third kappa shape index (κ3) is 1.19. The quantitative estimate of drug-likeness (QED) is 0.527. The molecule has 0 aliphatic heterocycles. The molecule has 1 unspecified atom stereocenters. The zero-order chi connectivity index (χ0) is 6.85. The Morgan fingerprint density at radius 3 is 2.78 bits per heavy atom. The van der Waals surface area contributed by atoms with E-state index in [1.54, 1.807) is 13.0 Å². The van der Waals surface area contributed by atoms with Crippen molar-refractivity contribution in [2.24, 2.45) is 5.92 Å². The van der Waals surface area contributed by atoms with Crippen molar-refractivity contribution in [1.29, 1.82) is 0 Å². The Kier molecular flexibility index (Phi) is 1.39. The molecule has 0 aromatic carbocycles. The number of aliphatic hydroxyl groups excluding tert-OH is 1. The van der Waals surface area contributed by atoms with Crippen LogP contribution in [-0.4, -0.2) is 10.9 Å². The summed E-state index contributed by atoms with van der Waals surface area (Å²) in [6, 6.07) is 0. The van der Waals surface area contributed by atoms with Crippen LogP contribution in [0.1, 0.15) is 6.92 Å². The summed E-state index contributed by atoms with van der Waals surface area (Å²) in [6.07, 6.45) is 4.45. The van der Waals surface area contributed by atoms with Crippen molar-refractivity contribution in [2.75, 3.05) is 0 Å². The molecule has 48 valence electrons. The second-order valence-corrected chi connectivity index (χ2v) is 2.12. The fourth-order valence-electron chi connectivity index (χ4n) is 0.663. The van der Waals surface area contributed by atoms with Crippen LogP contribution in [0.15, 0.2) is 24.0 Å². The van der Waals surface area contributed by atoms with E-state index < -0.39 is 0 Å². The van der Waals surface area contributed by atoms with E-state index in [1.807, 2.05) is 0 Å². The number of aliphatic hydroxyl groups is 1. The summed E-state index contributed by atoms with van der Waals surface area (Å²) >= 11 is 0. The van der Waals surface area contributed by atoms with Gasteiger partial charge in [-0.1, -0.05) is 13.0 Å². The summed E-state index contributed by atoms with van der Waals surface area (Å²) in [5.74, 6) is -0.0472. The van der Waals surface area contributed by atoms with E-state index in [9.17, 15) is 4.79 Å². The number of carbonyl (C=O) groups excluding carboxylic acids is 1. The molecule has 0 bridgehead atoms. The van der Waals surface area contributed by atoms with Gasteiger partial charge in [0.15, 0.2) is 5.78 Å². The Hall–Kier alpha value is -1.05. The average molecular weight is 124 g/mol. The number of rotatable bonds is 0. The lowest BCUT2D eigenvalue weighted by Gasteiger charge is -2.04. The van der Waals surface area contributed by atoms with E-state index in [-0.39, 0.29) is 17.5 Å². The minimum atomic E-state index is -0.0686. The van der Waals surface area contributed by atoms with Crippen LogP contribution in [-0.2, 0) is 4.79 Å². The molecular formula is C7H8O2. The van der Waals surface area contributed by atoms with Crippen LogP contribution >= 0.6 is 0 Å². The van der Waals surface area contributed by atoms with Crippen molar-refractivity contribution in [3.8, 4) is 0 Å². The van der Waals surface area contributed by atoms with Gasteiger partial charge < -0.3 is 5.11 Å². The van der Waals surface area contributed by atoms with Crippen molar-refractivity contribution in [1.82, 2.24) is 0 Å². The fraction of sp³-hybridized carbons (Fsp3) is 0.286. The minimum absolute atomic E-state index is 0.0324. The van der Waals surface area contributed by atoms with Crippen molar-refractivity contribution in [3.05, 3.63) is 24.0 Å². The summed E-state index contributed by atoms with van der Waals surface area (Å²) in [7, 11) is 0. The molecule has 0 saturated heterocycles. The van der Waals surface area contributed by atoms with Crippen LogP contribution in [0.4, 0.5) is 0 Å². The molecule has 1 aliphatic rings. The molecule has 2 nitrogen and oxygen atoms in total. The minimum Gasteiger partial charge on any atom is -0.508 e. The molecule has 0 aromatic rings. The molecule has 2 heteroatoms. The van der Waals surface area contributed by atoms with Crippen LogP contribution in [0.25, 0.3) is 0 Å². The predicted octanol–water partition coefficient (Wildman–Crippen LogP) is 1.20. The Morgan fingerprint density at radius 1 is 1.67 bits per heavy atom. The Balaban J connectivity index is 2.82. The molecule has 0 heterocycles. The van der Waals surface area contributed by atoms with Gasteiger partial charge in [-0.25, -0.2) is 0 Å². The van der Waals surface area contributed by atoms with Crippen molar-refractivity contribution < 1.29 is 9.90 Å². The van der Waals surface area contributed by atoms with E-state index in [2.05, 4.69) is 0 Å². The number of carbonyl (C=O) groups is 1. The van der Waals surface area contributed by atoms with E-state index >= 15 is 0 Å². The highest BCUT2D eigenvalue weighted by Gasteiger charge is 2.10. The van der Waals surface area contributed by atoms with Gasteiger partial charge in [-0.3, -0.25) is 4.79 Å². The number of hydrogen-bond donors (Lipinski definition) is 1. The lowest BCUT2D eigenvalue weighted by Crippen LogP contribution is -2.08. The van der Waals surface area contributed by atoms with Crippen molar-refractivity contribution in [2.45, 2.75) is 6.92 Å². The largest absolute Gasteiger partial charge is 0.508 e. The van der Waals surface area contributed by atoms with Gasteiger partial charge in [-0.05, 0) is 6.08 Å². The molecule has 1 aliphatic carbocycles. The molecule has 1 N–H and O–H groups in total. The van der Waals surface area contributed by atoms with Gasteiger partial charge in [0.1, 0.15) is 5.76 Å². The molecule has 9 heavy (non-hydrogen) atoms. The van der Waals surface area contributed by atoms with Crippen LogP contribution < -0.4 is 0 Å². The van der Waals surface area contributed by atoms with Gasteiger partial charge in [-0.15, -0.1) is 0 Å². The highest BCUT2D eigenvalue weighted by Crippen LogP contribution is 2.09. The number of ketones is 1. The first-order chi connectivity index (χ1) is 4.20. The molecule has 0 spiro atoms. The summed E-state index contributed by atoms with van der Waals surface area (Å²) in [5, 5.41) is 8.75. The molecular weight excluding hydrogens is 116 g/mol. The molecule has 0 fully saturated rings. The van der Waals surface area contributed by atoms with Gasteiger partial charge in [0.25, 0.3) is 0 Å². The summed E-state index contributed by atoms with van der Waals surface area (Å²) < 4.78 is 0. The third-order valence-electron chi connectivity index (χ3n) is 1.29. The monoisotopic (exact) mass is 124 g/mol. The average Bonchev–Trinajstić information content (AvgIpc) is 1.80. The number of hydrogen-bond acceptors (Lipinski definition) is 2. The van der Waals surface area contributed by atoms with Crippen molar-refractivity contribution in [3.63, 3.8) is 0 Å². The molecule has 0 radical (unpaired) electrons. The zero-order valence-corrected chi connectivity index (χ0v) is 5.16. The lowest BCUT2D eigenvalue weighted by atomic mass is 10.0. The molecule has 0 amide bonds. The van der Waals surface area contributed by atoms with E-state index in [0.717, 1.165) is 0 Å². The topological polar surface area (TPSA) is 37.3 Å². The first-order valence-electron chi connectivity index (χ1n) is 2.83. The lowest BCUT2D eigenvalue weighted by molar-refractivity contribution is -0.116. The smallest absolute Gasteiger partial charge is 0.165 e. The summed E-state index contributed by atoms with van der Waals surface area (Å²) in [5.41, 5.74) is 0. The van der Waals surface area contributed by atoms with Gasteiger partial charge >= 0.3 is 0 Å². The maximum atomic E-state index is 10.7. The van der Waals surface area contributed by atoms with Gasteiger partial charge in [0.05, 0.1) is 0 Å². The standard InChI is InChI=1S/C7H8O2/c1-5-2-3-6(8)4-7(5)9/h2-5,8H,1H3. The molecule has 1 atom stereocenters. The first-order valence-corrected chi connectivity index (χ1v) is 2.83. The van der Waals surface area contributed by atoms with Gasteiger partial charge in [-0.2, -0.15) is 0 Å². The Bertz CT molecular complexity index is 189. The maximum absolute atomic E-state index is 10.7. The molecule has 0 saturated carbocycles. The highest BCUT2D eigenvalue weighted by atomic mass is 16.3. The van der Waals surface area contributed by atoms with Crippen molar-refractivity contribution >= 4 is 5.78 Å². The summed E-state index contributed by atoms with van der Waals surface area (Å²) in [6.45, 7) is 1.79. The molecule has 0 aromatic heterocycles. The van der Waals surface area contributed by atoms with E-state index in [1.165, 1.54) is 12.2 Å². The SMILES string of the molecule is CC1C=CC(O)=CC1=O. The third-order valence-corrected chi connectivity index (χ3v) is 1.29. The normalized spacial score (nSPS) is 26.1. The second-order valence-electron chi connectivity index (χ2n) is 2.12. The first kappa shape index (κ1) is 6.08. The highest BCUT2D eigenvalue weighted by molar-refractivity contribution is 5.94. The Labute approximate surface area is 53.5 Å². The zero-order valence-electron chi connectivity index (χ0n) is 5.16. The van der Waals surface area contributed by atoms with Crippen LogP contribution in [0.5, 0.6) is 0 Å². The second kappa shape index (κ2) is 2.05.